The number of amides is 1. The van der Waals surface area contributed by atoms with E-state index in [-0.39, 0.29) is 12.5 Å². The van der Waals surface area contributed by atoms with Gasteiger partial charge in [-0.3, -0.25) is 8.32 Å². The zero-order valence-electron chi connectivity index (χ0n) is 5.72. The SMILES string of the molecule is COCCOCC(=O)NI. The molecule has 0 aliphatic carbocycles. The molecule has 0 aromatic heterocycles. The second-order valence-corrected chi connectivity index (χ2v) is 2.10. The molecule has 1 amide bonds. The number of hydrogen-bond donors (Lipinski definition) is 1. The van der Waals surface area contributed by atoms with Crippen LogP contribution in [-0.4, -0.2) is 32.8 Å². The number of hydrogen-bond acceptors (Lipinski definition) is 3. The van der Waals surface area contributed by atoms with Crippen LogP contribution in [0.25, 0.3) is 0 Å². The van der Waals surface area contributed by atoms with E-state index >= 15 is 0 Å². The third kappa shape index (κ3) is 6.24. The van der Waals surface area contributed by atoms with Gasteiger partial charge in [0.15, 0.2) is 0 Å². The summed E-state index contributed by atoms with van der Waals surface area (Å²) in [5, 5.41) is 0. The zero-order chi connectivity index (χ0) is 7.82. The standard InChI is InChI=1S/C5H10INO3/c1-9-2-3-10-4-5(8)7-6/h2-4H2,1H3,(H,7,8). The van der Waals surface area contributed by atoms with Crippen molar-refractivity contribution < 1.29 is 14.3 Å². The summed E-state index contributed by atoms with van der Waals surface area (Å²) in [5.41, 5.74) is 0. The number of halogens is 1. The molecule has 0 unspecified atom stereocenters. The summed E-state index contributed by atoms with van der Waals surface area (Å²) in [7, 11) is 1.59. The van der Waals surface area contributed by atoms with Crippen LogP contribution in [0.5, 0.6) is 0 Å². The first-order valence-corrected chi connectivity index (χ1v) is 3.85. The van der Waals surface area contributed by atoms with Gasteiger partial charge in [-0.05, 0) is 0 Å². The van der Waals surface area contributed by atoms with Crippen LogP contribution in [0.15, 0.2) is 0 Å². The van der Waals surface area contributed by atoms with Crippen molar-refractivity contribution in [1.29, 1.82) is 0 Å². The lowest BCUT2D eigenvalue weighted by Crippen LogP contribution is -2.19. The normalized spacial score (nSPS) is 9.40. The second-order valence-electron chi connectivity index (χ2n) is 1.56. The average Bonchev–Trinajstić information content (AvgIpc) is 1.98. The molecule has 60 valence electrons. The molecule has 0 aromatic carbocycles. The molecule has 10 heavy (non-hydrogen) atoms. The van der Waals surface area contributed by atoms with Crippen LogP contribution >= 0.6 is 22.9 Å². The lowest BCUT2D eigenvalue weighted by molar-refractivity contribution is -0.123. The van der Waals surface area contributed by atoms with Gasteiger partial charge >= 0.3 is 0 Å². The van der Waals surface area contributed by atoms with Gasteiger partial charge in [-0.15, -0.1) is 0 Å². The molecule has 0 heterocycles. The maximum absolute atomic E-state index is 10.5. The van der Waals surface area contributed by atoms with Crippen molar-refractivity contribution in [3.63, 3.8) is 0 Å². The monoisotopic (exact) mass is 259 g/mol. The minimum Gasteiger partial charge on any atom is -0.382 e. The molecular weight excluding hydrogens is 249 g/mol. The van der Waals surface area contributed by atoms with Gasteiger partial charge in [0.2, 0.25) is 0 Å². The topological polar surface area (TPSA) is 47.6 Å². The van der Waals surface area contributed by atoms with Crippen molar-refractivity contribution in [2.24, 2.45) is 0 Å². The van der Waals surface area contributed by atoms with Crippen LogP contribution in [0.3, 0.4) is 0 Å². The Morgan fingerprint density at radius 2 is 2.30 bits per heavy atom. The van der Waals surface area contributed by atoms with Crippen LogP contribution in [0.2, 0.25) is 0 Å². The number of nitrogens with one attached hydrogen (secondary N) is 1. The van der Waals surface area contributed by atoms with Gasteiger partial charge in [0, 0.05) is 7.11 Å². The molecule has 1 N–H and O–H groups in total. The van der Waals surface area contributed by atoms with Crippen molar-refractivity contribution >= 4 is 28.8 Å². The highest BCUT2D eigenvalue weighted by Crippen LogP contribution is 1.78. The molecule has 0 radical (unpaired) electrons. The predicted molar refractivity (Wildman–Crippen MR) is 44.9 cm³/mol. The summed E-state index contributed by atoms with van der Waals surface area (Å²) in [5.74, 6) is -0.128. The maximum atomic E-state index is 10.5. The molecule has 0 aromatic rings. The Labute approximate surface area is 73.8 Å². The summed E-state index contributed by atoms with van der Waals surface area (Å²) >= 11 is 1.76. The van der Waals surface area contributed by atoms with Crippen LogP contribution < -0.4 is 3.53 Å². The number of carbonyl (C=O) groups excluding carboxylic acids is 1. The Kier molecular flexibility index (Phi) is 7.32. The highest BCUT2D eigenvalue weighted by molar-refractivity contribution is 14.1. The third-order valence-electron chi connectivity index (χ3n) is 0.770. The number of rotatable bonds is 5. The van der Waals surface area contributed by atoms with Crippen LogP contribution in [0.4, 0.5) is 0 Å². The van der Waals surface area contributed by atoms with E-state index in [9.17, 15) is 4.79 Å². The summed E-state index contributed by atoms with van der Waals surface area (Å²) in [4.78, 5) is 10.5. The van der Waals surface area contributed by atoms with E-state index < -0.39 is 0 Å². The van der Waals surface area contributed by atoms with Gasteiger partial charge in [0.1, 0.15) is 6.61 Å². The third-order valence-corrected chi connectivity index (χ3v) is 1.37. The Bertz CT molecular complexity index is 98.9. The lowest BCUT2D eigenvalue weighted by atomic mass is 10.7. The molecule has 0 aliphatic rings. The largest absolute Gasteiger partial charge is 0.382 e. The molecular formula is C5H10INO3. The van der Waals surface area contributed by atoms with Gasteiger partial charge in [0.25, 0.3) is 5.91 Å². The smallest absolute Gasteiger partial charge is 0.254 e. The van der Waals surface area contributed by atoms with Gasteiger partial charge < -0.3 is 9.47 Å². The van der Waals surface area contributed by atoms with Crippen molar-refractivity contribution in [2.45, 2.75) is 0 Å². The summed E-state index contributed by atoms with van der Waals surface area (Å²) < 4.78 is 12.0. The fraction of sp³-hybridized carbons (Fsp3) is 0.800. The Morgan fingerprint density at radius 3 is 2.80 bits per heavy atom. The Morgan fingerprint density at radius 1 is 1.60 bits per heavy atom. The molecule has 0 aliphatic heterocycles. The minimum absolute atomic E-state index is 0.103. The number of carbonyl (C=O) groups is 1. The molecule has 0 fully saturated rings. The lowest BCUT2D eigenvalue weighted by Gasteiger charge is -2.00. The van der Waals surface area contributed by atoms with Crippen molar-refractivity contribution in [3.05, 3.63) is 0 Å². The Balaban J connectivity index is 2.96. The van der Waals surface area contributed by atoms with E-state index in [4.69, 9.17) is 9.47 Å². The number of methoxy groups -OCH3 is 1. The van der Waals surface area contributed by atoms with E-state index in [1.54, 1.807) is 30.0 Å². The van der Waals surface area contributed by atoms with Crippen LogP contribution in [-0.2, 0) is 14.3 Å². The molecule has 0 saturated carbocycles. The zero-order valence-corrected chi connectivity index (χ0v) is 7.88. The molecule has 0 saturated heterocycles. The summed E-state index contributed by atoms with van der Waals surface area (Å²) in [6.45, 7) is 1.08. The molecule has 0 atom stereocenters. The predicted octanol–water partition coefficient (Wildman–Crippen LogP) is 0.116. The fourth-order valence-electron chi connectivity index (χ4n) is 0.334. The van der Waals surface area contributed by atoms with Crippen molar-refractivity contribution in [1.82, 2.24) is 3.53 Å². The van der Waals surface area contributed by atoms with Crippen molar-refractivity contribution in [3.8, 4) is 0 Å². The van der Waals surface area contributed by atoms with Gasteiger partial charge in [-0.1, -0.05) is 0 Å². The second kappa shape index (κ2) is 7.23. The molecule has 5 heteroatoms. The number of ether oxygens (including phenoxy) is 2. The van der Waals surface area contributed by atoms with Gasteiger partial charge in [-0.2, -0.15) is 0 Å². The van der Waals surface area contributed by atoms with E-state index in [2.05, 4.69) is 3.53 Å². The highest BCUT2D eigenvalue weighted by Gasteiger charge is 1.95. The van der Waals surface area contributed by atoms with Crippen LogP contribution in [0, 0.1) is 0 Å². The highest BCUT2D eigenvalue weighted by atomic mass is 127. The van der Waals surface area contributed by atoms with E-state index in [0.29, 0.717) is 13.2 Å². The summed E-state index contributed by atoms with van der Waals surface area (Å²) in [6, 6.07) is 0. The average molecular weight is 259 g/mol. The van der Waals surface area contributed by atoms with Crippen LogP contribution in [0.1, 0.15) is 0 Å². The van der Waals surface area contributed by atoms with E-state index in [1.165, 1.54) is 0 Å². The molecule has 0 spiro atoms. The van der Waals surface area contributed by atoms with E-state index in [1.807, 2.05) is 0 Å². The quantitative estimate of drug-likeness (QED) is 0.433. The summed E-state index contributed by atoms with van der Waals surface area (Å²) in [6.07, 6.45) is 0. The van der Waals surface area contributed by atoms with Gasteiger partial charge in [0.05, 0.1) is 36.1 Å². The minimum atomic E-state index is -0.128. The van der Waals surface area contributed by atoms with Crippen molar-refractivity contribution in [2.75, 3.05) is 26.9 Å². The maximum Gasteiger partial charge on any atom is 0.254 e. The fourth-order valence-corrected chi connectivity index (χ4v) is 0.490. The Hall–Kier alpha value is 0.120. The molecule has 0 rings (SSSR count). The van der Waals surface area contributed by atoms with E-state index in [0.717, 1.165) is 0 Å². The van der Waals surface area contributed by atoms with Gasteiger partial charge in [-0.25, -0.2) is 0 Å². The molecule has 0 bridgehead atoms. The first-order chi connectivity index (χ1) is 4.81. The first-order valence-electron chi connectivity index (χ1n) is 2.77. The first kappa shape index (κ1) is 10.1. The molecule has 4 nitrogen and oxygen atoms in total.